The Morgan fingerprint density at radius 1 is 1.19 bits per heavy atom. The number of thiophene rings is 1. The highest BCUT2D eigenvalue weighted by atomic mass is 32.1. The zero-order valence-corrected chi connectivity index (χ0v) is 16.7. The first kappa shape index (κ1) is 19.6. The van der Waals surface area contributed by atoms with E-state index >= 15 is 0 Å². The van der Waals surface area contributed by atoms with Crippen molar-refractivity contribution in [3.8, 4) is 0 Å². The Balaban J connectivity index is 1.39. The molecule has 2 N–H and O–H groups in total. The molecule has 5 nitrogen and oxygen atoms in total. The minimum atomic E-state index is -0.212. The first-order chi connectivity index (χ1) is 13.0. The molecule has 2 heterocycles. The summed E-state index contributed by atoms with van der Waals surface area (Å²) in [5.41, 5.74) is 2.03. The number of rotatable bonds is 7. The summed E-state index contributed by atoms with van der Waals surface area (Å²) in [5, 5.41) is 8.05. The summed E-state index contributed by atoms with van der Waals surface area (Å²) in [5.74, 6) is -0.180. The number of carbonyl (C=O) groups excluding carboxylic acids is 2. The number of nitrogens with one attached hydrogen (secondary N) is 2. The van der Waals surface area contributed by atoms with Crippen molar-refractivity contribution in [2.24, 2.45) is 0 Å². The highest BCUT2D eigenvalue weighted by Crippen LogP contribution is 2.24. The summed E-state index contributed by atoms with van der Waals surface area (Å²) in [7, 11) is 0. The van der Waals surface area contributed by atoms with E-state index in [-0.39, 0.29) is 30.3 Å². The molecule has 2 unspecified atom stereocenters. The largest absolute Gasteiger partial charge is 0.354 e. The van der Waals surface area contributed by atoms with Crippen LogP contribution in [0.5, 0.6) is 0 Å². The normalized spacial score (nSPS) is 16.2. The Morgan fingerprint density at radius 2 is 1.96 bits per heavy atom. The lowest BCUT2D eigenvalue weighted by molar-refractivity contribution is -0.121. The van der Waals surface area contributed by atoms with E-state index in [0.29, 0.717) is 12.1 Å². The van der Waals surface area contributed by atoms with Gasteiger partial charge in [-0.05, 0) is 49.4 Å². The van der Waals surface area contributed by atoms with Crippen LogP contribution in [0.4, 0.5) is 0 Å². The molecule has 0 bridgehead atoms. The van der Waals surface area contributed by atoms with E-state index in [2.05, 4.69) is 33.9 Å². The fourth-order valence-electron chi connectivity index (χ4n) is 3.34. The van der Waals surface area contributed by atoms with Crippen LogP contribution >= 0.6 is 11.3 Å². The minimum Gasteiger partial charge on any atom is -0.354 e. The Morgan fingerprint density at radius 3 is 2.74 bits per heavy atom. The molecule has 0 saturated carbocycles. The molecule has 0 spiro atoms. The molecule has 2 amide bonds. The summed E-state index contributed by atoms with van der Waals surface area (Å²) in [6.07, 6.45) is 1.37. The van der Waals surface area contributed by atoms with Gasteiger partial charge < -0.3 is 10.6 Å². The Hall–Kier alpha value is -2.18. The highest BCUT2D eigenvalue weighted by Gasteiger charge is 2.22. The smallest absolute Gasteiger partial charge is 0.251 e. The van der Waals surface area contributed by atoms with Crippen molar-refractivity contribution in [1.82, 2.24) is 15.5 Å². The summed E-state index contributed by atoms with van der Waals surface area (Å²) in [6, 6.07) is 11.3. The van der Waals surface area contributed by atoms with Crippen molar-refractivity contribution in [3.63, 3.8) is 0 Å². The fraction of sp³-hybridized carbons (Fsp3) is 0.429. The van der Waals surface area contributed by atoms with Gasteiger partial charge in [0.25, 0.3) is 5.91 Å². The van der Waals surface area contributed by atoms with Crippen LogP contribution in [0.15, 0.2) is 41.8 Å². The maximum atomic E-state index is 12.2. The van der Waals surface area contributed by atoms with Crippen LogP contribution in [-0.2, 0) is 17.8 Å². The molecule has 0 aliphatic carbocycles. The number of benzene rings is 1. The second-order valence-corrected chi connectivity index (χ2v) is 8.19. The summed E-state index contributed by atoms with van der Waals surface area (Å²) in [6.45, 7) is 6.62. The highest BCUT2D eigenvalue weighted by molar-refractivity contribution is 7.10. The van der Waals surface area contributed by atoms with Crippen LogP contribution in [-0.4, -0.2) is 41.9 Å². The van der Waals surface area contributed by atoms with Gasteiger partial charge >= 0.3 is 0 Å². The van der Waals surface area contributed by atoms with Crippen molar-refractivity contribution >= 4 is 23.2 Å². The molecule has 3 rings (SSSR count). The number of hydrogen-bond donors (Lipinski definition) is 2. The lowest BCUT2D eigenvalue weighted by Gasteiger charge is -2.32. The van der Waals surface area contributed by atoms with Crippen molar-refractivity contribution in [2.75, 3.05) is 13.1 Å². The molecule has 0 saturated heterocycles. The summed E-state index contributed by atoms with van der Waals surface area (Å²) >= 11 is 1.84. The number of carbonyl (C=O) groups is 2. The second-order valence-electron chi connectivity index (χ2n) is 7.19. The molecule has 1 aliphatic rings. The molecule has 2 atom stereocenters. The minimum absolute atomic E-state index is 0.0315. The second kappa shape index (κ2) is 9.15. The average Bonchev–Trinajstić information content (AvgIpc) is 3.14. The summed E-state index contributed by atoms with van der Waals surface area (Å²) in [4.78, 5) is 28.3. The van der Waals surface area contributed by atoms with E-state index in [1.807, 2.05) is 36.5 Å². The molecule has 1 aromatic carbocycles. The van der Waals surface area contributed by atoms with E-state index in [1.54, 1.807) is 12.1 Å². The van der Waals surface area contributed by atoms with E-state index in [4.69, 9.17) is 0 Å². The van der Waals surface area contributed by atoms with Crippen LogP contribution in [0.25, 0.3) is 0 Å². The molecular formula is C21H27N3O2S. The molecular weight excluding hydrogens is 358 g/mol. The van der Waals surface area contributed by atoms with E-state index in [9.17, 15) is 9.59 Å². The standard InChI is InChI=1S/C21H27N3O2S/c1-15(23-21(26)17-6-4-3-5-7-17)12-20(25)22-13-16(2)24-10-8-19-18(14-24)9-11-27-19/h3-7,9,11,15-16H,8,10,12-14H2,1-2H3,(H,22,25)(H,23,26). The van der Waals surface area contributed by atoms with Gasteiger partial charge in [0, 0.05) is 48.6 Å². The van der Waals surface area contributed by atoms with Crippen molar-refractivity contribution in [1.29, 1.82) is 0 Å². The first-order valence-electron chi connectivity index (χ1n) is 9.45. The van der Waals surface area contributed by atoms with Gasteiger partial charge in [-0.25, -0.2) is 0 Å². The van der Waals surface area contributed by atoms with Gasteiger partial charge in [-0.2, -0.15) is 0 Å². The molecule has 0 radical (unpaired) electrons. The zero-order valence-electron chi connectivity index (χ0n) is 15.9. The monoisotopic (exact) mass is 385 g/mol. The van der Waals surface area contributed by atoms with Gasteiger partial charge in [0.15, 0.2) is 0 Å². The predicted molar refractivity (Wildman–Crippen MR) is 109 cm³/mol. The Kier molecular flexibility index (Phi) is 6.63. The quantitative estimate of drug-likeness (QED) is 0.770. The van der Waals surface area contributed by atoms with E-state index in [1.165, 1.54) is 10.4 Å². The number of nitrogens with zero attached hydrogens (tertiary/aromatic N) is 1. The third-order valence-corrected chi connectivity index (χ3v) is 5.98. The first-order valence-corrected chi connectivity index (χ1v) is 10.3. The van der Waals surface area contributed by atoms with Gasteiger partial charge in [0.2, 0.25) is 5.91 Å². The predicted octanol–water partition coefficient (Wildman–Crippen LogP) is 2.82. The fourth-order valence-corrected chi connectivity index (χ4v) is 4.22. The van der Waals surface area contributed by atoms with Gasteiger partial charge in [0.1, 0.15) is 0 Å². The number of fused-ring (bicyclic) bond motifs is 1. The Bertz CT molecular complexity index is 775. The van der Waals surface area contributed by atoms with E-state index < -0.39 is 0 Å². The van der Waals surface area contributed by atoms with Crippen LogP contribution in [0.3, 0.4) is 0 Å². The molecule has 2 aromatic rings. The lowest BCUT2D eigenvalue weighted by Crippen LogP contribution is -2.45. The van der Waals surface area contributed by atoms with Gasteiger partial charge in [-0.3, -0.25) is 14.5 Å². The van der Waals surface area contributed by atoms with E-state index in [0.717, 1.165) is 19.5 Å². The van der Waals surface area contributed by atoms with Crippen LogP contribution in [0.1, 0.15) is 41.1 Å². The lowest BCUT2D eigenvalue weighted by atomic mass is 10.1. The third-order valence-electron chi connectivity index (χ3n) is 4.96. The van der Waals surface area contributed by atoms with Gasteiger partial charge in [-0.15, -0.1) is 11.3 Å². The molecule has 1 aromatic heterocycles. The van der Waals surface area contributed by atoms with Crippen molar-refractivity contribution in [2.45, 2.75) is 45.3 Å². The van der Waals surface area contributed by atoms with Crippen LogP contribution < -0.4 is 10.6 Å². The molecule has 1 aliphatic heterocycles. The van der Waals surface area contributed by atoms with Crippen molar-refractivity contribution in [3.05, 3.63) is 57.8 Å². The maximum absolute atomic E-state index is 12.2. The zero-order chi connectivity index (χ0) is 19.2. The van der Waals surface area contributed by atoms with Crippen LogP contribution in [0.2, 0.25) is 0 Å². The Labute approximate surface area is 164 Å². The summed E-state index contributed by atoms with van der Waals surface area (Å²) < 4.78 is 0. The van der Waals surface area contributed by atoms with Crippen LogP contribution in [0, 0.1) is 0 Å². The number of hydrogen-bond acceptors (Lipinski definition) is 4. The number of amides is 2. The van der Waals surface area contributed by atoms with Gasteiger partial charge in [-0.1, -0.05) is 18.2 Å². The third kappa shape index (κ3) is 5.40. The van der Waals surface area contributed by atoms with Crippen molar-refractivity contribution < 1.29 is 9.59 Å². The average molecular weight is 386 g/mol. The SMILES string of the molecule is CC(CC(=O)NCC(C)N1CCc2sccc2C1)NC(=O)c1ccccc1. The topological polar surface area (TPSA) is 61.4 Å². The molecule has 6 heteroatoms. The molecule has 0 fully saturated rings. The van der Waals surface area contributed by atoms with Gasteiger partial charge in [0.05, 0.1) is 0 Å². The maximum Gasteiger partial charge on any atom is 0.251 e. The molecule has 144 valence electrons. The molecule has 27 heavy (non-hydrogen) atoms.